The largest absolute Gasteiger partial charge is 0.373 e. The third kappa shape index (κ3) is 5.52. The Hall–Kier alpha value is -1.93. The zero-order valence-electron chi connectivity index (χ0n) is 16.5. The van der Waals surface area contributed by atoms with Gasteiger partial charge in [0.25, 0.3) is 0 Å². The summed E-state index contributed by atoms with van der Waals surface area (Å²) < 4.78 is 7.51. The minimum Gasteiger partial charge on any atom is -0.373 e. The van der Waals surface area contributed by atoms with E-state index < -0.39 is 11.8 Å². The Morgan fingerprint density at radius 3 is 2.85 bits per heavy atom. The smallest absolute Gasteiger partial charge is 0.309 e. The molecule has 150 valence electrons. The predicted octanol–water partition coefficient (Wildman–Crippen LogP) is 0.131. The molecular formula is C19H31N5O3. The van der Waals surface area contributed by atoms with E-state index in [1.54, 1.807) is 4.68 Å². The number of nitrogens with one attached hydrogen (secondary N) is 3. The van der Waals surface area contributed by atoms with Gasteiger partial charge in [-0.25, -0.2) is 0 Å². The molecule has 8 nitrogen and oxygen atoms in total. The molecule has 3 unspecified atom stereocenters. The standard InChI is InChI=1S/C19H31N5O3/c1-19(2)12-27-15(10-21-19)9-20-17(25)18(26)23-16-6-4-5-14(16)7-13-8-22-24(3)11-13/h8,11,14-16,21H,4-7,9-10,12H2,1-3H3,(H,20,25)(H,23,26). The molecule has 1 aliphatic carbocycles. The van der Waals surface area contributed by atoms with Crippen molar-refractivity contribution in [2.45, 2.75) is 57.2 Å². The molecule has 3 atom stereocenters. The summed E-state index contributed by atoms with van der Waals surface area (Å²) in [5, 5.41) is 13.2. The molecule has 1 saturated heterocycles. The van der Waals surface area contributed by atoms with Crippen molar-refractivity contribution >= 4 is 11.8 Å². The highest BCUT2D eigenvalue weighted by Crippen LogP contribution is 2.28. The SMILES string of the molecule is Cn1cc(CC2CCCC2NC(=O)C(=O)NCC2CNC(C)(C)CO2)cn1. The molecule has 0 spiro atoms. The third-order valence-electron chi connectivity index (χ3n) is 5.42. The topological polar surface area (TPSA) is 97.3 Å². The molecule has 1 aliphatic heterocycles. The van der Waals surface area contributed by atoms with Gasteiger partial charge in [-0.05, 0) is 44.6 Å². The van der Waals surface area contributed by atoms with Crippen LogP contribution in [0.5, 0.6) is 0 Å². The molecule has 1 aromatic heterocycles. The molecule has 2 fully saturated rings. The molecule has 2 aliphatic rings. The summed E-state index contributed by atoms with van der Waals surface area (Å²) in [5.74, 6) is -0.795. The van der Waals surface area contributed by atoms with E-state index >= 15 is 0 Å². The van der Waals surface area contributed by atoms with E-state index in [0.717, 1.165) is 31.2 Å². The van der Waals surface area contributed by atoms with E-state index in [4.69, 9.17) is 4.74 Å². The molecule has 1 aromatic rings. The second kappa shape index (κ2) is 8.39. The summed E-state index contributed by atoms with van der Waals surface area (Å²) in [6.07, 6.45) is 7.66. The Kier molecular flexibility index (Phi) is 6.16. The van der Waals surface area contributed by atoms with Crippen molar-refractivity contribution in [1.29, 1.82) is 0 Å². The van der Waals surface area contributed by atoms with Crippen molar-refractivity contribution in [3.8, 4) is 0 Å². The molecule has 8 heteroatoms. The van der Waals surface area contributed by atoms with Crippen LogP contribution in [0.1, 0.15) is 38.7 Å². The van der Waals surface area contributed by atoms with Gasteiger partial charge in [-0.2, -0.15) is 5.10 Å². The van der Waals surface area contributed by atoms with Gasteiger partial charge in [0.15, 0.2) is 0 Å². The average molecular weight is 377 g/mol. The van der Waals surface area contributed by atoms with Crippen LogP contribution in [0.15, 0.2) is 12.4 Å². The van der Waals surface area contributed by atoms with Crippen LogP contribution in [0.25, 0.3) is 0 Å². The summed E-state index contributed by atoms with van der Waals surface area (Å²) in [6.45, 7) is 5.71. The van der Waals surface area contributed by atoms with Crippen molar-refractivity contribution in [2.75, 3.05) is 19.7 Å². The van der Waals surface area contributed by atoms with Gasteiger partial charge in [-0.15, -0.1) is 0 Å². The van der Waals surface area contributed by atoms with E-state index in [2.05, 4.69) is 34.9 Å². The van der Waals surface area contributed by atoms with Crippen molar-refractivity contribution in [1.82, 2.24) is 25.7 Å². The molecule has 2 heterocycles. The quantitative estimate of drug-likeness (QED) is 0.634. The van der Waals surface area contributed by atoms with E-state index in [0.29, 0.717) is 25.6 Å². The zero-order chi connectivity index (χ0) is 19.4. The lowest BCUT2D eigenvalue weighted by Gasteiger charge is -2.35. The first-order valence-corrected chi connectivity index (χ1v) is 9.75. The summed E-state index contributed by atoms with van der Waals surface area (Å²) in [4.78, 5) is 24.4. The second-order valence-corrected chi connectivity index (χ2v) is 8.41. The minimum atomic E-state index is -0.588. The highest BCUT2D eigenvalue weighted by Gasteiger charge is 2.31. The lowest BCUT2D eigenvalue weighted by atomic mass is 9.96. The highest BCUT2D eigenvalue weighted by molar-refractivity contribution is 6.35. The Bertz CT molecular complexity index is 662. The number of ether oxygens (including phenoxy) is 1. The lowest BCUT2D eigenvalue weighted by Crippen LogP contribution is -2.56. The number of carbonyl (C=O) groups excluding carboxylic acids is 2. The average Bonchev–Trinajstić information content (AvgIpc) is 3.23. The van der Waals surface area contributed by atoms with Crippen LogP contribution in [-0.4, -0.2) is 59.0 Å². The second-order valence-electron chi connectivity index (χ2n) is 8.41. The summed E-state index contributed by atoms with van der Waals surface area (Å²) in [6, 6.07) is 0.0388. The minimum absolute atomic E-state index is 0.0388. The van der Waals surface area contributed by atoms with Gasteiger partial charge in [-0.3, -0.25) is 14.3 Å². The van der Waals surface area contributed by atoms with Gasteiger partial charge >= 0.3 is 11.8 Å². The lowest BCUT2D eigenvalue weighted by molar-refractivity contribution is -0.140. The molecule has 3 N–H and O–H groups in total. The molecule has 2 amide bonds. The normalized spacial score (nSPS) is 27.3. The molecule has 0 aromatic carbocycles. The molecular weight excluding hydrogens is 346 g/mol. The van der Waals surface area contributed by atoms with E-state index in [-0.39, 0.29) is 17.7 Å². The molecule has 0 bridgehead atoms. The summed E-state index contributed by atoms with van der Waals surface area (Å²) >= 11 is 0. The van der Waals surface area contributed by atoms with Gasteiger partial charge in [0.2, 0.25) is 0 Å². The first-order chi connectivity index (χ1) is 12.8. The Labute approximate surface area is 160 Å². The maximum Gasteiger partial charge on any atom is 0.309 e. The van der Waals surface area contributed by atoms with Crippen LogP contribution in [0.4, 0.5) is 0 Å². The first kappa shape index (κ1) is 19.8. The van der Waals surface area contributed by atoms with Crippen molar-refractivity contribution < 1.29 is 14.3 Å². The molecule has 0 radical (unpaired) electrons. The maximum absolute atomic E-state index is 12.3. The predicted molar refractivity (Wildman–Crippen MR) is 101 cm³/mol. The van der Waals surface area contributed by atoms with Crippen LogP contribution in [0.2, 0.25) is 0 Å². The van der Waals surface area contributed by atoms with E-state index in [1.165, 1.54) is 0 Å². The highest BCUT2D eigenvalue weighted by atomic mass is 16.5. The van der Waals surface area contributed by atoms with Crippen LogP contribution < -0.4 is 16.0 Å². The third-order valence-corrected chi connectivity index (χ3v) is 5.42. The van der Waals surface area contributed by atoms with Crippen LogP contribution in [-0.2, 0) is 27.8 Å². The summed E-state index contributed by atoms with van der Waals surface area (Å²) in [7, 11) is 1.90. The van der Waals surface area contributed by atoms with E-state index in [1.807, 2.05) is 19.4 Å². The number of carbonyl (C=O) groups is 2. The van der Waals surface area contributed by atoms with Gasteiger partial charge in [0, 0.05) is 37.9 Å². The van der Waals surface area contributed by atoms with Crippen molar-refractivity contribution in [2.24, 2.45) is 13.0 Å². The van der Waals surface area contributed by atoms with Crippen LogP contribution in [0.3, 0.4) is 0 Å². The molecule has 27 heavy (non-hydrogen) atoms. The van der Waals surface area contributed by atoms with Crippen molar-refractivity contribution in [3.63, 3.8) is 0 Å². The number of nitrogens with zero attached hydrogens (tertiary/aromatic N) is 2. The molecule has 1 saturated carbocycles. The van der Waals surface area contributed by atoms with E-state index in [9.17, 15) is 9.59 Å². The van der Waals surface area contributed by atoms with Gasteiger partial charge in [0.05, 0.1) is 18.9 Å². The number of amides is 2. The Morgan fingerprint density at radius 1 is 1.37 bits per heavy atom. The first-order valence-electron chi connectivity index (χ1n) is 9.75. The zero-order valence-corrected chi connectivity index (χ0v) is 16.5. The number of hydrogen-bond donors (Lipinski definition) is 3. The Morgan fingerprint density at radius 2 is 2.19 bits per heavy atom. The van der Waals surface area contributed by atoms with Crippen LogP contribution >= 0.6 is 0 Å². The van der Waals surface area contributed by atoms with Gasteiger partial charge < -0.3 is 20.7 Å². The number of hydrogen-bond acceptors (Lipinski definition) is 5. The van der Waals surface area contributed by atoms with Gasteiger partial charge in [-0.1, -0.05) is 6.42 Å². The maximum atomic E-state index is 12.3. The number of aryl methyl sites for hydroxylation is 1. The monoisotopic (exact) mass is 377 g/mol. The number of rotatable bonds is 5. The number of morpholine rings is 1. The van der Waals surface area contributed by atoms with Crippen molar-refractivity contribution in [3.05, 3.63) is 18.0 Å². The fraction of sp³-hybridized carbons (Fsp3) is 0.737. The summed E-state index contributed by atoms with van der Waals surface area (Å²) in [5.41, 5.74) is 1.11. The fourth-order valence-corrected chi connectivity index (χ4v) is 3.83. The number of aromatic nitrogens is 2. The van der Waals surface area contributed by atoms with Gasteiger partial charge in [0.1, 0.15) is 0 Å². The van der Waals surface area contributed by atoms with Crippen LogP contribution in [0, 0.1) is 5.92 Å². The Balaban J connectivity index is 1.42. The fourth-order valence-electron chi connectivity index (χ4n) is 3.83. The molecule has 3 rings (SSSR count).